The van der Waals surface area contributed by atoms with E-state index in [1.54, 1.807) is 0 Å². The van der Waals surface area contributed by atoms with Crippen LogP contribution in [0.5, 0.6) is 0 Å². The predicted molar refractivity (Wildman–Crippen MR) is 68.0 cm³/mol. The van der Waals surface area contributed by atoms with Crippen molar-refractivity contribution >= 4 is 23.1 Å². The Morgan fingerprint density at radius 1 is 0.812 bits per heavy atom. The van der Waals surface area contributed by atoms with E-state index >= 15 is 0 Å². The lowest BCUT2D eigenvalue weighted by Crippen LogP contribution is -1.76. The lowest BCUT2D eigenvalue weighted by molar-refractivity contribution is 1.05. The van der Waals surface area contributed by atoms with Crippen LogP contribution in [0.1, 0.15) is 35.5 Å². The van der Waals surface area contributed by atoms with Crippen LogP contribution >= 0.6 is 23.1 Å². The molecule has 0 saturated carbocycles. The first kappa shape index (κ1) is 13.2. The molecule has 0 aliphatic rings. The molecule has 0 atom stereocenters. The highest BCUT2D eigenvalue weighted by atomic mass is 32.1. The maximum atomic E-state index is 4.14. The van der Waals surface area contributed by atoms with Gasteiger partial charge in [0.2, 0.25) is 0 Å². The maximum Gasteiger partial charge on any atom is 0.139 e. The van der Waals surface area contributed by atoms with Gasteiger partial charge in [0.05, 0.1) is 0 Å². The van der Waals surface area contributed by atoms with Gasteiger partial charge in [0.15, 0.2) is 0 Å². The Kier molecular flexibility index (Phi) is 5.48. The average molecular weight is 256 g/mol. The SMILES string of the molecule is CCc1nc(C)ns1.CCc1nc(C)ns1. The van der Waals surface area contributed by atoms with E-state index in [0.29, 0.717) is 0 Å². The second-order valence-electron chi connectivity index (χ2n) is 3.18. The second-order valence-corrected chi connectivity index (χ2v) is 4.85. The smallest absolute Gasteiger partial charge is 0.139 e. The molecular weight excluding hydrogens is 240 g/mol. The third-order valence-corrected chi connectivity index (χ3v) is 3.64. The van der Waals surface area contributed by atoms with Crippen LogP contribution in [-0.4, -0.2) is 18.7 Å². The van der Waals surface area contributed by atoms with Gasteiger partial charge >= 0.3 is 0 Å². The van der Waals surface area contributed by atoms with E-state index in [1.807, 2.05) is 13.8 Å². The molecule has 2 aromatic heterocycles. The molecule has 0 aliphatic carbocycles. The van der Waals surface area contributed by atoms with Crippen LogP contribution in [0.2, 0.25) is 0 Å². The van der Waals surface area contributed by atoms with E-state index in [2.05, 4.69) is 32.6 Å². The summed E-state index contributed by atoms with van der Waals surface area (Å²) in [5.41, 5.74) is 0. The molecule has 0 unspecified atom stereocenters. The van der Waals surface area contributed by atoms with Crippen molar-refractivity contribution in [3.63, 3.8) is 0 Å². The molecule has 2 aromatic rings. The molecule has 6 heteroatoms. The Hall–Kier alpha value is -0.880. The highest BCUT2D eigenvalue weighted by molar-refractivity contribution is 7.05. The van der Waals surface area contributed by atoms with E-state index < -0.39 is 0 Å². The summed E-state index contributed by atoms with van der Waals surface area (Å²) in [4.78, 5) is 8.27. The Bertz CT molecular complexity index is 382. The van der Waals surface area contributed by atoms with E-state index in [9.17, 15) is 0 Å². The topological polar surface area (TPSA) is 51.6 Å². The van der Waals surface area contributed by atoms with E-state index in [4.69, 9.17) is 0 Å². The zero-order valence-electron chi connectivity index (χ0n) is 10.0. The van der Waals surface area contributed by atoms with E-state index in [-0.39, 0.29) is 0 Å². The third kappa shape index (κ3) is 4.32. The molecule has 2 rings (SSSR count). The normalized spacial score (nSPS) is 9.75. The zero-order valence-corrected chi connectivity index (χ0v) is 11.7. The van der Waals surface area contributed by atoms with Crippen molar-refractivity contribution in [1.82, 2.24) is 18.7 Å². The molecule has 88 valence electrons. The van der Waals surface area contributed by atoms with E-state index in [0.717, 1.165) is 34.5 Å². The van der Waals surface area contributed by atoms with Crippen LogP contribution in [-0.2, 0) is 12.8 Å². The van der Waals surface area contributed by atoms with Gasteiger partial charge in [-0.25, -0.2) is 9.97 Å². The lowest BCUT2D eigenvalue weighted by Gasteiger charge is -1.76. The summed E-state index contributed by atoms with van der Waals surface area (Å²) in [7, 11) is 0. The highest BCUT2D eigenvalue weighted by Crippen LogP contribution is 2.03. The molecule has 0 fully saturated rings. The Labute approximate surface area is 104 Å². The summed E-state index contributed by atoms with van der Waals surface area (Å²) < 4.78 is 8.04. The van der Waals surface area contributed by atoms with Gasteiger partial charge in [-0.3, -0.25) is 0 Å². The number of rotatable bonds is 2. The Morgan fingerprint density at radius 3 is 1.31 bits per heavy atom. The molecule has 0 aliphatic heterocycles. The molecule has 0 spiro atoms. The van der Waals surface area contributed by atoms with Crippen LogP contribution in [0.3, 0.4) is 0 Å². The Morgan fingerprint density at radius 2 is 1.19 bits per heavy atom. The average Bonchev–Trinajstić information content (AvgIpc) is 2.88. The third-order valence-electron chi connectivity index (χ3n) is 1.74. The first-order valence-corrected chi connectivity index (χ1v) is 6.78. The molecule has 16 heavy (non-hydrogen) atoms. The molecule has 0 saturated heterocycles. The number of hydrogen-bond acceptors (Lipinski definition) is 6. The number of aromatic nitrogens is 4. The largest absolute Gasteiger partial charge is 0.225 e. The summed E-state index contributed by atoms with van der Waals surface area (Å²) >= 11 is 2.98. The van der Waals surface area contributed by atoms with Crippen LogP contribution < -0.4 is 0 Å². The van der Waals surface area contributed by atoms with Gasteiger partial charge in [-0.15, -0.1) is 0 Å². The molecule has 0 bridgehead atoms. The fourth-order valence-electron chi connectivity index (χ4n) is 0.967. The Balaban J connectivity index is 0.000000160. The van der Waals surface area contributed by atoms with Crippen molar-refractivity contribution in [3.8, 4) is 0 Å². The van der Waals surface area contributed by atoms with Crippen molar-refractivity contribution in [2.75, 3.05) is 0 Å². The minimum Gasteiger partial charge on any atom is -0.225 e. The summed E-state index contributed by atoms with van der Waals surface area (Å²) in [6, 6.07) is 0. The molecule has 0 amide bonds. The van der Waals surface area contributed by atoms with Crippen molar-refractivity contribution in [2.45, 2.75) is 40.5 Å². The standard InChI is InChI=1S/2C5H8N2S/c2*1-3-5-6-4(2)7-8-5/h2*3H2,1-2H3. The van der Waals surface area contributed by atoms with Crippen molar-refractivity contribution in [1.29, 1.82) is 0 Å². The minimum atomic E-state index is 0.895. The first-order chi connectivity index (χ1) is 7.65. The molecular formula is C10H16N4S2. The zero-order chi connectivity index (χ0) is 12.0. The van der Waals surface area contributed by atoms with Gasteiger partial charge in [-0.05, 0) is 49.8 Å². The summed E-state index contributed by atoms with van der Waals surface area (Å²) in [6.45, 7) is 7.99. The lowest BCUT2D eigenvalue weighted by atomic mass is 10.5. The number of nitrogens with zero attached hydrogens (tertiary/aromatic N) is 4. The van der Waals surface area contributed by atoms with Crippen LogP contribution in [0.25, 0.3) is 0 Å². The first-order valence-electron chi connectivity index (χ1n) is 5.24. The van der Waals surface area contributed by atoms with E-state index in [1.165, 1.54) is 23.1 Å². The molecule has 4 nitrogen and oxygen atoms in total. The highest BCUT2D eigenvalue weighted by Gasteiger charge is 1.93. The van der Waals surface area contributed by atoms with Crippen LogP contribution in [0, 0.1) is 13.8 Å². The minimum absolute atomic E-state index is 0.895. The number of aryl methyl sites for hydroxylation is 4. The molecule has 0 N–H and O–H groups in total. The van der Waals surface area contributed by atoms with Gasteiger partial charge in [0.1, 0.15) is 21.7 Å². The van der Waals surface area contributed by atoms with Gasteiger partial charge < -0.3 is 0 Å². The number of hydrogen-bond donors (Lipinski definition) is 0. The molecule has 0 radical (unpaired) electrons. The van der Waals surface area contributed by atoms with Gasteiger partial charge in [0.25, 0.3) is 0 Å². The molecule has 2 heterocycles. The van der Waals surface area contributed by atoms with Gasteiger partial charge in [-0.2, -0.15) is 8.75 Å². The van der Waals surface area contributed by atoms with Crippen LogP contribution in [0.4, 0.5) is 0 Å². The van der Waals surface area contributed by atoms with Crippen molar-refractivity contribution < 1.29 is 0 Å². The van der Waals surface area contributed by atoms with Crippen molar-refractivity contribution in [2.24, 2.45) is 0 Å². The fourth-order valence-corrected chi connectivity index (χ4v) is 2.13. The van der Waals surface area contributed by atoms with Gasteiger partial charge in [0, 0.05) is 0 Å². The summed E-state index contributed by atoms with van der Waals surface area (Å²) in [6.07, 6.45) is 2.01. The molecule has 0 aromatic carbocycles. The quantitative estimate of drug-likeness (QED) is 0.829. The summed E-state index contributed by atoms with van der Waals surface area (Å²) in [5, 5.41) is 2.25. The van der Waals surface area contributed by atoms with Crippen LogP contribution in [0.15, 0.2) is 0 Å². The predicted octanol–water partition coefficient (Wildman–Crippen LogP) is 2.82. The second kappa shape index (κ2) is 6.65. The van der Waals surface area contributed by atoms with Crippen molar-refractivity contribution in [3.05, 3.63) is 21.7 Å². The monoisotopic (exact) mass is 256 g/mol. The fraction of sp³-hybridized carbons (Fsp3) is 0.600. The summed E-state index contributed by atoms with van der Waals surface area (Å²) in [5.74, 6) is 1.79. The maximum absolute atomic E-state index is 4.14. The van der Waals surface area contributed by atoms with Gasteiger partial charge in [-0.1, -0.05) is 13.8 Å².